The number of carboxylic acid groups (broad SMARTS) is 1. The van der Waals surface area contributed by atoms with Gasteiger partial charge in [0.2, 0.25) is 0 Å². The fourth-order valence-corrected chi connectivity index (χ4v) is 3.98. The summed E-state index contributed by atoms with van der Waals surface area (Å²) in [6, 6.07) is -1.09. The zero-order valence-corrected chi connectivity index (χ0v) is 12.4. The van der Waals surface area contributed by atoms with Gasteiger partial charge >= 0.3 is 5.97 Å². The molecule has 0 saturated carbocycles. The first kappa shape index (κ1) is 16.4. The van der Waals surface area contributed by atoms with Crippen LogP contribution < -0.4 is 4.72 Å². The molecule has 19 heavy (non-hydrogen) atoms. The molecule has 1 aliphatic heterocycles. The van der Waals surface area contributed by atoms with E-state index in [1.165, 1.54) is 4.31 Å². The number of carbonyl (C=O) groups is 1. The van der Waals surface area contributed by atoms with Gasteiger partial charge in [-0.25, -0.2) is 0 Å². The number of piperidine rings is 1. The molecule has 7 heteroatoms. The van der Waals surface area contributed by atoms with Crippen molar-refractivity contribution in [1.82, 2.24) is 9.03 Å². The molecule has 1 aliphatic rings. The fourth-order valence-electron chi connectivity index (χ4n) is 2.32. The summed E-state index contributed by atoms with van der Waals surface area (Å²) >= 11 is 0. The molecule has 0 aromatic heterocycles. The SMILES string of the molecule is CCCC[C@H](NS(=O)(=O)N1CCCCC1C)C(=O)O. The minimum absolute atomic E-state index is 0.0631. The zero-order chi connectivity index (χ0) is 14.5. The van der Waals surface area contributed by atoms with Crippen LogP contribution in [0.1, 0.15) is 52.4 Å². The Morgan fingerprint density at radius 2 is 2.16 bits per heavy atom. The van der Waals surface area contributed by atoms with Crippen LogP contribution in [-0.4, -0.2) is 42.4 Å². The number of rotatable bonds is 7. The molecule has 2 N–H and O–H groups in total. The Hall–Kier alpha value is -0.660. The molecule has 2 atom stereocenters. The van der Waals surface area contributed by atoms with Crippen molar-refractivity contribution in [2.45, 2.75) is 64.5 Å². The normalized spacial score (nSPS) is 23.2. The number of unbranched alkanes of at least 4 members (excludes halogenated alkanes) is 1. The van der Waals surface area contributed by atoms with Gasteiger partial charge in [-0.2, -0.15) is 17.4 Å². The van der Waals surface area contributed by atoms with Gasteiger partial charge in [-0.1, -0.05) is 26.2 Å². The van der Waals surface area contributed by atoms with Crippen molar-refractivity contribution >= 4 is 16.2 Å². The average molecular weight is 292 g/mol. The van der Waals surface area contributed by atoms with E-state index >= 15 is 0 Å². The predicted octanol–water partition coefficient (Wildman–Crippen LogP) is 1.34. The van der Waals surface area contributed by atoms with Gasteiger partial charge in [0.25, 0.3) is 10.2 Å². The standard InChI is InChI=1S/C12H24N2O4S/c1-3-4-8-11(12(15)16)13-19(17,18)14-9-6-5-7-10(14)2/h10-11,13H,3-9H2,1-2H3,(H,15,16)/t10?,11-/m0/s1. The third-order valence-corrected chi connectivity index (χ3v) is 5.23. The van der Waals surface area contributed by atoms with Gasteiger partial charge < -0.3 is 5.11 Å². The first-order chi connectivity index (χ1) is 8.88. The number of nitrogens with one attached hydrogen (secondary N) is 1. The Morgan fingerprint density at radius 3 is 2.68 bits per heavy atom. The largest absolute Gasteiger partial charge is 0.480 e. The van der Waals surface area contributed by atoms with E-state index in [9.17, 15) is 13.2 Å². The lowest BCUT2D eigenvalue weighted by Gasteiger charge is -2.33. The van der Waals surface area contributed by atoms with E-state index in [2.05, 4.69) is 4.72 Å². The van der Waals surface area contributed by atoms with Crippen molar-refractivity contribution < 1.29 is 18.3 Å². The fraction of sp³-hybridized carbons (Fsp3) is 0.917. The molecule has 1 saturated heterocycles. The molecule has 1 unspecified atom stereocenters. The van der Waals surface area contributed by atoms with Gasteiger partial charge in [0.15, 0.2) is 0 Å². The van der Waals surface area contributed by atoms with Crippen molar-refractivity contribution in [3.63, 3.8) is 0 Å². The van der Waals surface area contributed by atoms with E-state index in [4.69, 9.17) is 5.11 Å². The summed E-state index contributed by atoms with van der Waals surface area (Å²) in [4.78, 5) is 11.1. The highest BCUT2D eigenvalue weighted by molar-refractivity contribution is 7.87. The van der Waals surface area contributed by atoms with Gasteiger partial charge in [-0.05, 0) is 26.2 Å². The smallest absolute Gasteiger partial charge is 0.321 e. The second kappa shape index (κ2) is 7.21. The zero-order valence-electron chi connectivity index (χ0n) is 11.6. The van der Waals surface area contributed by atoms with Crippen LogP contribution in [0.3, 0.4) is 0 Å². The van der Waals surface area contributed by atoms with Crippen LogP contribution in [0.15, 0.2) is 0 Å². The van der Waals surface area contributed by atoms with E-state index < -0.39 is 22.2 Å². The quantitative estimate of drug-likeness (QED) is 0.741. The highest BCUT2D eigenvalue weighted by atomic mass is 32.2. The lowest BCUT2D eigenvalue weighted by molar-refractivity contribution is -0.139. The summed E-state index contributed by atoms with van der Waals surface area (Å²) in [5.41, 5.74) is 0. The van der Waals surface area contributed by atoms with E-state index in [0.717, 1.165) is 25.7 Å². The third-order valence-electron chi connectivity index (χ3n) is 3.49. The second-order valence-electron chi connectivity index (χ2n) is 5.11. The molecule has 0 aromatic rings. The number of hydrogen-bond donors (Lipinski definition) is 2. The van der Waals surface area contributed by atoms with Crippen LogP contribution in [-0.2, 0) is 15.0 Å². The summed E-state index contributed by atoms with van der Waals surface area (Å²) in [7, 11) is -3.70. The molecule has 0 radical (unpaired) electrons. The summed E-state index contributed by atoms with van der Waals surface area (Å²) in [6.07, 6.45) is 4.53. The molecule has 0 bridgehead atoms. The molecule has 0 aromatic carbocycles. The van der Waals surface area contributed by atoms with Gasteiger partial charge in [0, 0.05) is 12.6 Å². The first-order valence-corrected chi connectivity index (χ1v) is 8.34. The number of carboxylic acids is 1. The van der Waals surface area contributed by atoms with Crippen LogP contribution in [0.5, 0.6) is 0 Å². The minimum Gasteiger partial charge on any atom is -0.480 e. The lowest BCUT2D eigenvalue weighted by Crippen LogP contribution is -2.52. The van der Waals surface area contributed by atoms with Crippen molar-refractivity contribution in [3.8, 4) is 0 Å². The third kappa shape index (κ3) is 4.74. The summed E-state index contributed by atoms with van der Waals surface area (Å²) in [5, 5.41) is 9.08. The summed E-state index contributed by atoms with van der Waals surface area (Å²) in [5.74, 6) is -1.11. The van der Waals surface area contributed by atoms with Crippen molar-refractivity contribution in [3.05, 3.63) is 0 Å². The second-order valence-corrected chi connectivity index (χ2v) is 6.77. The molecule has 0 spiro atoms. The molecule has 1 heterocycles. The van der Waals surface area contributed by atoms with Gasteiger partial charge in [-0.3, -0.25) is 4.79 Å². The Bertz CT molecular complexity index is 397. The van der Waals surface area contributed by atoms with Crippen LogP contribution in [0, 0.1) is 0 Å². The van der Waals surface area contributed by atoms with E-state index in [-0.39, 0.29) is 6.04 Å². The number of aliphatic carboxylic acids is 1. The molecule has 1 rings (SSSR count). The van der Waals surface area contributed by atoms with E-state index in [1.807, 2.05) is 13.8 Å². The highest BCUT2D eigenvalue weighted by Crippen LogP contribution is 2.19. The predicted molar refractivity (Wildman–Crippen MR) is 73.0 cm³/mol. The molecule has 6 nitrogen and oxygen atoms in total. The van der Waals surface area contributed by atoms with Crippen LogP contribution >= 0.6 is 0 Å². The van der Waals surface area contributed by atoms with Crippen LogP contribution in [0.2, 0.25) is 0 Å². The Balaban J connectivity index is 2.72. The molecule has 112 valence electrons. The number of hydrogen-bond acceptors (Lipinski definition) is 3. The maximum Gasteiger partial charge on any atom is 0.321 e. The maximum atomic E-state index is 12.2. The highest BCUT2D eigenvalue weighted by Gasteiger charge is 2.32. The van der Waals surface area contributed by atoms with Gasteiger partial charge in [0.1, 0.15) is 6.04 Å². The maximum absolute atomic E-state index is 12.2. The molecule has 1 fully saturated rings. The number of nitrogens with zero attached hydrogens (tertiary/aromatic N) is 1. The van der Waals surface area contributed by atoms with Gasteiger partial charge in [-0.15, -0.1) is 0 Å². The summed E-state index contributed by atoms with van der Waals surface area (Å²) < 4.78 is 28.2. The average Bonchev–Trinajstić information content (AvgIpc) is 2.34. The molecular weight excluding hydrogens is 268 g/mol. The van der Waals surface area contributed by atoms with Gasteiger partial charge in [0.05, 0.1) is 0 Å². The van der Waals surface area contributed by atoms with E-state index in [1.54, 1.807) is 0 Å². The Kier molecular flexibility index (Phi) is 6.22. The van der Waals surface area contributed by atoms with Crippen molar-refractivity contribution in [2.75, 3.05) is 6.54 Å². The monoisotopic (exact) mass is 292 g/mol. The first-order valence-electron chi connectivity index (χ1n) is 6.90. The van der Waals surface area contributed by atoms with Crippen LogP contribution in [0.4, 0.5) is 0 Å². The molecule has 0 amide bonds. The van der Waals surface area contributed by atoms with E-state index in [0.29, 0.717) is 19.4 Å². The van der Waals surface area contributed by atoms with Crippen molar-refractivity contribution in [1.29, 1.82) is 0 Å². The Morgan fingerprint density at radius 1 is 1.47 bits per heavy atom. The van der Waals surface area contributed by atoms with Crippen LogP contribution in [0.25, 0.3) is 0 Å². The Labute approximate surface area is 115 Å². The minimum atomic E-state index is -3.70. The lowest BCUT2D eigenvalue weighted by atomic mass is 10.1. The topological polar surface area (TPSA) is 86.7 Å². The van der Waals surface area contributed by atoms with Crippen molar-refractivity contribution in [2.24, 2.45) is 0 Å². The molecular formula is C12H24N2O4S. The summed E-state index contributed by atoms with van der Waals surface area (Å²) in [6.45, 7) is 4.27. The molecule has 0 aliphatic carbocycles.